The lowest BCUT2D eigenvalue weighted by atomic mass is 10.0. The van der Waals surface area contributed by atoms with Crippen LogP contribution in [0.25, 0.3) is 22.3 Å². The molecule has 1 atom stereocenters. The molecule has 1 fully saturated rings. The maximum Gasteiger partial charge on any atom is 0.256 e. The van der Waals surface area contributed by atoms with Crippen LogP contribution in [0.3, 0.4) is 0 Å². The molecule has 1 aliphatic heterocycles. The van der Waals surface area contributed by atoms with Gasteiger partial charge in [-0.3, -0.25) is 4.79 Å². The summed E-state index contributed by atoms with van der Waals surface area (Å²) in [6.07, 6.45) is 0.454. The van der Waals surface area contributed by atoms with Crippen molar-refractivity contribution >= 4 is 32.5 Å². The molecule has 2 aromatic carbocycles. The lowest BCUT2D eigenvalue weighted by molar-refractivity contribution is 0.102. The molecule has 36 heavy (non-hydrogen) atoms. The number of fused-ring (bicyclic) bond motifs is 1. The number of sulfone groups is 1. The monoisotopic (exact) mass is 506 g/mol. The van der Waals surface area contributed by atoms with Gasteiger partial charge in [-0.15, -0.1) is 0 Å². The van der Waals surface area contributed by atoms with E-state index >= 15 is 0 Å². The highest BCUT2D eigenvalue weighted by atomic mass is 32.2. The number of ether oxygens (including phenoxy) is 2. The van der Waals surface area contributed by atoms with Gasteiger partial charge < -0.3 is 14.8 Å². The van der Waals surface area contributed by atoms with E-state index < -0.39 is 9.84 Å². The summed E-state index contributed by atoms with van der Waals surface area (Å²) in [5, 5.41) is 8.18. The summed E-state index contributed by atoms with van der Waals surface area (Å²) in [4.78, 5) is 18.5. The number of nitrogens with zero attached hydrogens (tertiary/aromatic N) is 3. The van der Waals surface area contributed by atoms with Gasteiger partial charge in [0.25, 0.3) is 5.91 Å². The number of rotatable bonds is 6. The first-order chi connectivity index (χ1) is 17.3. The molecule has 9 nitrogen and oxygen atoms in total. The number of aryl methyl sites for hydroxylation is 1. The standard InChI is InChI=1S/C26H26N4O5S/c1-16-24-20(26(31)28-21-6-4-5-7-23(21)35-3)14-22(17-8-10-19(34-2)11-9-17)27-25(24)30(29-16)18-12-13-36(32,33)15-18/h4-11,14,18H,12-13,15H2,1-3H3,(H,28,31). The van der Waals surface area contributed by atoms with Crippen LogP contribution in [0.15, 0.2) is 54.6 Å². The van der Waals surface area contributed by atoms with Crippen molar-refractivity contribution in [1.29, 1.82) is 0 Å². The van der Waals surface area contributed by atoms with Gasteiger partial charge in [-0.2, -0.15) is 5.10 Å². The number of aromatic nitrogens is 3. The minimum absolute atomic E-state index is 0.000404. The van der Waals surface area contributed by atoms with Gasteiger partial charge in [0.05, 0.1) is 59.8 Å². The molecule has 1 N–H and O–H groups in total. The Morgan fingerprint density at radius 1 is 1.08 bits per heavy atom. The van der Waals surface area contributed by atoms with Gasteiger partial charge in [-0.1, -0.05) is 12.1 Å². The molecule has 1 amide bonds. The van der Waals surface area contributed by atoms with Crippen molar-refractivity contribution in [3.05, 3.63) is 65.9 Å². The first-order valence-corrected chi connectivity index (χ1v) is 13.3. The summed E-state index contributed by atoms with van der Waals surface area (Å²) < 4.78 is 36.7. The van der Waals surface area contributed by atoms with E-state index in [1.54, 1.807) is 44.0 Å². The van der Waals surface area contributed by atoms with Crippen LogP contribution in [-0.4, -0.2) is 54.8 Å². The number of carbonyl (C=O) groups excluding carboxylic acids is 1. The number of methoxy groups -OCH3 is 2. The average molecular weight is 507 g/mol. The molecule has 1 unspecified atom stereocenters. The van der Waals surface area contributed by atoms with Gasteiger partial charge in [0.1, 0.15) is 11.5 Å². The van der Waals surface area contributed by atoms with Crippen LogP contribution in [0.2, 0.25) is 0 Å². The Bertz CT molecular complexity index is 1560. The number of anilines is 1. The topological polar surface area (TPSA) is 112 Å². The van der Waals surface area contributed by atoms with E-state index in [1.165, 1.54) is 0 Å². The second kappa shape index (κ2) is 9.27. The molecule has 0 spiro atoms. The number of carbonyl (C=O) groups is 1. The Kier molecular flexibility index (Phi) is 6.13. The highest BCUT2D eigenvalue weighted by Gasteiger charge is 2.32. The molecule has 0 radical (unpaired) electrons. The zero-order valence-electron chi connectivity index (χ0n) is 20.2. The van der Waals surface area contributed by atoms with Gasteiger partial charge in [-0.25, -0.2) is 18.1 Å². The number of nitrogens with one attached hydrogen (secondary N) is 1. The number of hydrogen-bond acceptors (Lipinski definition) is 7. The molecule has 2 aromatic heterocycles. The maximum atomic E-state index is 13.6. The SMILES string of the molecule is COc1ccc(-c2cc(C(=O)Nc3ccccc3OC)c3c(C)nn(C4CCS(=O)(=O)C4)c3n2)cc1. The Morgan fingerprint density at radius 3 is 2.50 bits per heavy atom. The van der Waals surface area contributed by atoms with Crippen LogP contribution in [0.5, 0.6) is 11.5 Å². The van der Waals surface area contributed by atoms with E-state index in [0.29, 0.717) is 51.6 Å². The van der Waals surface area contributed by atoms with Crippen LogP contribution < -0.4 is 14.8 Å². The van der Waals surface area contributed by atoms with Crippen LogP contribution in [-0.2, 0) is 9.84 Å². The second-order valence-corrected chi connectivity index (χ2v) is 11.0. The molecule has 0 aliphatic carbocycles. The van der Waals surface area contributed by atoms with Crippen molar-refractivity contribution in [3.8, 4) is 22.8 Å². The highest BCUT2D eigenvalue weighted by molar-refractivity contribution is 7.91. The Hall–Kier alpha value is -3.92. The third kappa shape index (κ3) is 4.39. The van der Waals surface area contributed by atoms with Gasteiger partial charge in [-0.05, 0) is 55.8 Å². The first-order valence-electron chi connectivity index (χ1n) is 11.5. The summed E-state index contributed by atoms with van der Waals surface area (Å²) in [6.45, 7) is 1.80. The van der Waals surface area contributed by atoms with E-state index in [0.717, 1.165) is 5.56 Å². The maximum absolute atomic E-state index is 13.6. The molecule has 0 bridgehead atoms. The first kappa shape index (κ1) is 23.8. The van der Waals surface area contributed by atoms with E-state index in [-0.39, 0.29) is 23.5 Å². The van der Waals surface area contributed by atoms with Crippen LogP contribution in [0.1, 0.15) is 28.5 Å². The van der Waals surface area contributed by atoms with Crippen molar-refractivity contribution in [2.24, 2.45) is 0 Å². The van der Waals surface area contributed by atoms with Crippen molar-refractivity contribution in [2.45, 2.75) is 19.4 Å². The third-order valence-corrected chi connectivity index (χ3v) is 8.13. The summed E-state index contributed by atoms with van der Waals surface area (Å²) in [5.41, 5.74) is 3.36. The Labute approximate surface area is 209 Å². The summed E-state index contributed by atoms with van der Waals surface area (Å²) >= 11 is 0. The summed E-state index contributed by atoms with van der Waals surface area (Å²) in [5.74, 6) is 1.00. The molecular formula is C26H26N4O5S. The van der Waals surface area contributed by atoms with Crippen molar-refractivity contribution in [2.75, 3.05) is 31.0 Å². The molecule has 10 heteroatoms. The smallest absolute Gasteiger partial charge is 0.256 e. The van der Waals surface area contributed by atoms with Crippen LogP contribution in [0.4, 0.5) is 5.69 Å². The average Bonchev–Trinajstić information content (AvgIpc) is 3.42. The number of hydrogen-bond donors (Lipinski definition) is 1. The number of pyridine rings is 1. The Balaban J connectivity index is 1.67. The van der Waals surface area contributed by atoms with Gasteiger partial charge >= 0.3 is 0 Å². The normalized spacial score (nSPS) is 16.7. The minimum atomic E-state index is -3.14. The molecule has 1 saturated heterocycles. The highest BCUT2D eigenvalue weighted by Crippen LogP contribution is 2.33. The quantitative estimate of drug-likeness (QED) is 0.420. The molecule has 3 heterocycles. The number of amides is 1. The molecule has 0 saturated carbocycles. The van der Waals surface area contributed by atoms with E-state index in [9.17, 15) is 13.2 Å². The lowest BCUT2D eigenvalue weighted by Crippen LogP contribution is -2.15. The zero-order chi connectivity index (χ0) is 25.4. The van der Waals surface area contributed by atoms with Crippen molar-refractivity contribution in [3.63, 3.8) is 0 Å². The van der Waals surface area contributed by atoms with Crippen molar-refractivity contribution < 1.29 is 22.7 Å². The van der Waals surface area contributed by atoms with Crippen molar-refractivity contribution in [1.82, 2.24) is 14.8 Å². The van der Waals surface area contributed by atoms with Crippen LogP contribution >= 0.6 is 0 Å². The zero-order valence-corrected chi connectivity index (χ0v) is 21.0. The summed E-state index contributed by atoms with van der Waals surface area (Å²) in [6, 6.07) is 15.9. The molecule has 1 aliphatic rings. The van der Waals surface area contributed by atoms with Gasteiger partial charge in [0.15, 0.2) is 15.5 Å². The van der Waals surface area contributed by atoms with Gasteiger partial charge in [0.2, 0.25) is 0 Å². The number of benzene rings is 2. The minimum Gasteiger partial charge on any atom is -0.497 e. The number of para-hydroxylation sites is 2. The molecule has 5 rings (SSSR count). The fourth-order valence-electron chi connectivity index (χ4n) is 4.56. The van der Waals surface area contributed by atoms with Crippen LogP contribution in [0, 0.1) is 6.92 Å². The molecule has 186 valence electrons. The van der Waals surface area contributed by atoms with Gasteiger partial charge in [0, 0.05) is 5.56 Å². The second-order valence-electron chi connectivity index (χ2n) is 8.72. The van der Waals surface area contributed by atoms with E-state index in [4.69, 9.17) is 14.5 Å². The Morgan fingerprint density at radius 2 is 1.83 bits per heavy atom. The molecular weight excluding hydrogens is 480 g/mol. The largest absolute Gasteiger partial charge is 0.497 e. The lowest BCUT2D eigenvalue weighted by Gasteiger charge is -2.13. The van der Waals surface area contributed by atoms with E-state index in [2.05, 4.69) is 10.4 Å². The fraction of sp³-hybridized carbons (Fsp3) is 0.269. The third-order valence-electron chi connectivity index (χ3n) is 6.38. The fourth-order valence-corrected chi connectivity index (χ4v) is 6.25. The van der Waals surface area contributed by atoms with E-state index in [1.807, 2.05) is 36.4 Å². The predicted molar refractivity (Wildman–Crippen MR) is 138 cm³/mol. The predicted octanol–water partition coefficient (Wildman–Crippen LogP) is 4.04. The molecule has 4 aromatic rings. The summed E-state index contributed by atoms with van der Waals surface area (Å²) in [7, 11) is -0.00677.